The number of aromatic nitrogens is 1. The van der Waals surface area contributed by atoms with Gasteiger partial charge in [-0.15, -0.1) is 0 Å². The number of nitrogens with zero attached hydrogens (tertiary/aromatic N) is 1. The molecule has 0 spiro atoms. The minimum atomic E-state index is 0.589. The third-order valence-electron chi connectivity index (χ3n) is 3.42. The summed E-state index contributed by atoms with van der Waals surface area (Å²) in [5.74, 6) is 5.68. The average Bonchev–Trinajstić information content (AvgIpc) is 2.35. The molecule has 0 saturated carbocycles. The molecule has 1 aliphatic rings. The summed E-state index contributed by atoms with van der Waals surface area (Å²) >= 11 is 12.3. The molecule has 3 nitrogen and oxygen atoms in total. The predicted molar refractivity (Wildman–Crippen MR) is 76.2 cm³/mol. The summed E-state index contributed by atoms with van der Waals surface area (Å²) in [6, 6.07) is 3.56. The number of halogens is 2. The van der Waals surface area contributed by atoms with Crippen molar-refractivity contribution in [1.82, 2.24) is 4.98 Å². The molecule has 2 aromatic rings. The number of anilines is 1. The molecule has 0 saturated heterocycles. The van der Waals surface area contributed by atoms with Gasteiger partial charge in [0.1, 0.15) is 0 Å². The van der Waals surface area contributed by atoms with Crippen molar-refractivity contribution in [2.24, 2.45) is 5.84 Å². The standard InChI is InChI=1S/C13H13Cl2N3/c14-7-5-9(15)12-11(6-7)17-10-4-2-1-3-8(10)13(12)18-16/h5-6H,1-4,16H2,(H,17,18). The topological polar surface area (TPSA) is 50.9 Å². The van der Waals surface area contributed by atoms with E-state index in [-0.39, 0.29) is 0 Å². The minimum Gasteiger partial charge on any atom is -0.323 e. The fraction of sp³-hybridized carbons (Fsp3) is 0.308. The van der Waals surface area contributed by atoms with Crippen molar-refractivity contribution in [1.29, 1.82) is 0 Å². The molecule has 3 N–H and O–H groups in total. The normalized spacial score (nSPS) is 14.6. The summed E-state index contributed by atoms with van der Waals surface area (Å²) in [6.45, 7) is 0. The van der Waals surface area contributed by atoms with Crippen LogP contribution in [0.25, 0.3) is 10.9 Å². The van der Waals surface area contributed by atoms with Crippen LogP contribution < -0.4 is 11.3 Å². The molecule has 0 aliphatic heterocycles. The van der Waals surface area contributed by atoms with E-state index in [1.807, 2.05) is 6.07 Å². The number of fused-ring (bicyclic) bond motifs is 2. The molecule has 0 bridgehead atoms. The van der Waals surface area contributed by atoms with Crippen molar-refractivity contribution in [2.45, 2.75) is 25.7 Å². The van der Waals surface area contributed by atoms with Crippen LogP contribution in [0.3, 0.4) is 0 Å². The molecule has 0 amide bonds. The van der Waals surface area contributed by atoms with E-state index < -0.39 is 0 Å². The highest BCUT2D eigenvalue weighted by molar-refractivity contribution is 6.39. The quantitative estimate of drug-likeness (QED) is 0.619. The molecule has 5 heteroatoms. The first-order chi connectivity index (χ1) is 8.70. The summed E-state index contributed by atoms with van der Waals surface area (Å²) in [7, 11) is 0. The largest absolute Gasteiger partial charge is 0.323 e. The second-order valence-electron chi connectivity index (χ2n) is 4.55. The number of hydrogen-bond acceptors (Lipinski definition) is 3. The third kappa shape index (κ3) is 1.83. The van der Waals surface area contributed by atoms with E-state index in [4.69, 9.17) is 29.0 Å². The monoisotopic (exact) mass is 281 g/mol. The average molecular weight is 282 g/mol. The van der Waals surface area contributed by atoms with Gasteiger partial charge in [0.05, 0.1) is 16.2 Å². The molecule has 94 valence electrons. The fourth-order valence-corrected chi connectivity index (χ4v) is 3.21. The van der Waals surface area contributed by atoms with Crippen LogP contribution in [0.4, 0.5) is 5.69 Å². The Morgan fingerprint density at radius 2 is 1.94 bits per heavy atom. The molecule has 1 aromatic carbocycles. The maximum Gasteiger partial charge on any atom is 0.0756 e. The molecular weight excluding hydrogens is 269 g/mol. The van der Waals surface area contributed by atoms with E-state index in [0.29, 0.717) is 10.0 Å². The molecule has 0 fully saturated rings. The summed E-state index contributed by atoms with van der Waals surface area (Å²) in [5, 5.41) is 2.05. The van der Waals surface area contributed by atoms with Gasteiger partial charge in [0.2, 0.25) is 0 Å². The van der Waals surface area contributed by atoms with Crippen molar-refractivity contribution in [3.05, 3.63) is 33.4 Å². The first-order valence-electron chi connectivity index (χ1n) is 5.98. The van der Waals surface area contributed by atoms with E-state index in [2.05, 4.69) is 10.4 Å². The molecule has 0 radical (unpaired) electrons. The van der Waals surface area contributed by atoms with Crippen LogP contribution in [0, 0.1) is 0 Å². The van der Waals surface area contributed by atoms with Gasteiger partial charge in [0.25, 0.3) is 0 Å². The second kappa shape index (κ2) is 4.57. The fourth-order valence-electron chi connectivity index (χ4n) is 2.63. The summed E-state index contributed by atoms with van der Waals surface area (Å²) < 4.78 is 0. The maximum atomic E-state index is 6.27. The number of nitrogens with two attached hydrogens (primary N) is 1. The highest BCUT2D eigenvalue weighted by Crippen LogP contribution is 2.37. The second-order valence-corrected chi connectivity index (χ2v) is 5.39. The zero-order chi connectivity index (χ0) is 12.7. The SMILES string of the molecule is NNc1c2c(nc3cc(Cl)cc(Cl)c13)CCCC2. The van der Waals surface area contributed by atoms with Gasteiger partial charge in [0, 0.05) is 16.1 Å². The van der Waals surface area contributed by atoms with Crippen LogP contribution >= 0.6 is 23.2 Å². The zero-order valence-corrected chi connectivity index (χ0v) is 11.3. The Hall–Kier alpha value is -1.03. The van der Waals surface area contributed by atoms with Crippen LogP contribution in [0.15, 0.2) is 12.1 Å². The molecule has 0 unspecified atom stereocenters. The smallest absolute Gasteiger partial charge is 0.0756 e. The van der Waals surface area contributed by atoms with E-state index in [9.17, 15) is 0 Å². The van der Waals surface area contributed by atoms with Gasteiger partial charge < -0.3 is 5.43 Å². The summed E-state index contributed by atoms with van der Waals surface area (Å²) in [4.78, 5) is 4.68. The number of hydrazine groups is 1. The van der Waals surface area contributed by atoms with Crippen LogP contribution in [-0.2, 0) is 12.8 Å². The van der Waals surface area contributed by atoms with Gasteiger partial charge in [-0.05, 0) is 43.4 Å². The Morgan fingerprint density at radius 1 is 1.17 bits per heavy atom. The first-order valence-corrected chi connectivity index (χ1v) is 6.73. The van der Waals surface area contributed by atoms with Gasteiger partial charge >= 0.3 is 0 Å². The van der Waals surface area contributed by atoms with Gasteiger partial charge in [0.15, 0.2) is 0 Å². The van der Waals surface area contributed by atoms with Gasteiger partial charge in [-0.2, -0.15) is 0 Å². The van der Waals surface area contributed by atoms with Gasteiger partial charge in [-0.3, -0.25) is 10.8 Å². The van der Waals surface area contributed by atoms with Crippen molar-refractivity contribution in [2.75, 3.05) is 5.43 Å². The van der Waals surface area contributed by atoms with Crippen LogP contribution in [0.1, 0.15) is 24.1 Å². The van der Waals surface area contributed by atoms with Crippen molar-refractivity contribution < 1.29 is 0 Å². The Bertz CT molecular complexity index is 625. The number of nitrogens with one attached hydrogen (secondary N) is 1. The van der Waals surface area contributed by atoms with Crippen molar-refractivity contribution in [3.63, 3.8) is 0 Å². The summed E-state index contributed by atoms with van der Waals surface area (Å²) in [5.41, 5.74) is 6.80. The van der Waals surface area contributed by atoms with Crippen molar-refractivity contribution >= 4 is 39.8 Å². The molecule has 1 heterocycles. The number of nitrogen functional groups attached to an aromatic ring is 1. The lowest BCUT2D eigenvalue weighted by Crippen LogP contribution is -2.15. The molecule has 0 atom stereocenters. The highest BCUT2D eigenvalue weighted by Gasteiger charge is 2.19. The number of hydrogen-bond donors (Lipinski definition) is 2. The van der Waals surface area contributed by atoms with Gasteiger partial charge in [-0.25, -0.2) is 0 Å². The van der Waals surface area contributed by atoms with E-state index >= 15 is 0 Å². The molecule has 3 rings (SSSR count). The third-order valence-corrected chi connectivity index (χ3v) is 3.94. The van der Waals surface area contributed by atoms with Crippen LogP contribution in [-0.4, -0.2) is 4.98 Å². The number of aryl methyl sites for hydroxylation is 1. The summed E-state index contributed by atoms with van der Waals surface area (Å²) in [6.07, 6.45) is 4.32. The molecule has 1 aromatic heterocycles. The lowest BCUT2D eigenvalue weighted by atomic mass is 9.93. The van der Waals surface area contributed by atoms with Crippen LogP contribution in [0.5, 0.6) is 0 Å². The number of rotatable bonds is 1. The molecule has 18 heavy (non-hydrogen) atoms. The lowest BCUT2D eigenvalue weighted by Gasteiger charge is -2.20. The molecular formula is C13H13Cl2N3. The Labute approximate surface area is 115 Å². The first kappa shape index (κ1) is 12.0. The number of pyridine rings is 1. The zero-order valence-electron chi connectivity index (χ0n) is 9.76. The van der Waals surface area contributed by atoms with E-state index in [0.717, 1.165) is 35.1 Å². The minimum absolute atomic E-state index is 0.589. The Kier molecular flexibility index (Phi) is 3.06. The predicted octanol–water partition coefficient (Wildman–Crippen LogP) is 3.71. The number of benzene rings is 1. The van der Waals surface area contributed by atoms with E-state index in [1.54, 1.807) is 6.07 Å². The Morgan fingerprint density at radius 3 is 2.72 bits per heavy atom. The molecule has 1 aliphatic carbocycles. The van der Waals surface area contributed by atoms with Crippen molar-refractivity contribution in [3.8, 4) is 0 Å². The Balaban J connectivity index is 2.40. The van der Waals surface area contributed by atoms with Crippen LogP contribution in [0.2, 0.25) is 10.0 Å². The highest BCUT2D eigenvalue weighted by atomic mass is 35.5. The lowest BCUT2D eigenvalue weighted by molar-refractivity contribution is 0.672. The van der Waals surface area contributed by atoms with Gasteiger partial charge in [-0.1, -0.05) is 23.2 Å². The maximum absolute atomic E-state index is 6.27. The van der Waals surface area contributed by atoms with E-state index in [1.165, 1.54) is 18.4 Å².